The van der Waals surface area contributed by atoms with Crippen molar-refractivity contribution in [1.29, 1.82) is 0 Å². The molecule has 1 amide bonds. The Bertz CT molecular complexity index is 403. The number of amides is 1. The molecule has 1 rings (SSSR count). The average molecular weight is 313 g/mol. The van der Waals surface area contributed by atoms with E-state index in [1.165, 1.54) is 0 Å². The average Bonchev–Trinajstić information content (AvgIpc) is 2.38. The lowest BCUT2D eigenvalue weighted by Gasteiger charge is -2.24. The normalized spacial score (nSPS) is 10.6. The van der Waals surface area contributed by atoms with Gasteiger partial charge in [0.2, 0.25) is 0 Å². The van der Waals surface area contributed by atoms with Gasteiger partial charge in [0.25, 0.3) is 5.91 Å². The molecule has 21 heavy (non-hydrogen) atoms. The van der Waals surface area contributed by atoms with Crippen LogP contribution in [0.25, 0.3) is 0 Å². The van der Waals surface area contributed by atoms with Crippen molar-refractivity contribution in [3.05, 3.63) is 29.8 Å². The Morgan fingerprint density at radius 3 is 1.81 bits per heavy atom. The molecule has 0 aliphatic carbocycles. The molecule has 1 aromatic carbocycles. The van der Waals surface area contributed by atoms with Crippen molar-refractivity contribution in [2.75, 3.05) is 18.8 Å². The van der Waals surface area contributed by atoms with Gasteiger partial charge in [-0.25, -0.2) is 0 Å². The highest BCUT2D eigenvalue weighted by Gasteiger charge is 2.16. The summed E-state index contributed by atoms with van der Waals surface area (Å²) >= 11 is 0. The van der Waals surface area contributed by atoms with Crippen LogP contribution in [0.15, 0.2) is 24.3 Å². The Kier molecular flexibility index (Phi) is 9.11. The molecule has 0 unspecified atom stereocenters. The minimum absolute atomic E-state index is 0. The lowest BCUT2D eigenvalue weighted by molar-refractivity contribution is 0.0741. The second kappa shape index (κ2) is 9.67. The molecule has 1 aromatic rings. The number of halogens is 1. The highest BCUT2D eigenvalue weighted by molar-refractivity contribution is 5.94. The van der Waals surface area contributed by atoms with Gasteiger partial charge < -0.3 is 10.6 Å². The van der Waals surface area contributed by atoms with Gasteiger partial charge in [0, 0.05) is 24.3 Å². The molecule has 120 valence electrons. The summed E-state index contributed by atoms with van der Waals surface area (Å²) in [6.45, 7) is 10.4. The number of hydrogen-bond donors (Lipinski definition) is 1. The molecule has 3 nitrogen and oxygen atoms in total. The molecule has 0 bridgehead atoms. The fourth-order valence-corrected chi connectivity index (χ4v) is 1.95. The number of carbonyl (C=O) groups excluding carboxylic acids is 1. The number of carbonyl (C=O) groups is 1. The van der Waals surface area contributed by atoms with E-state index >= 15 is 0 Å². The first-order chi connectivity index (χ1) is 9.40. The van der Waals surface area contributed by atoms with Crippen molar-refractivity contribution >= 4 is 24.0 Å². The molecule has 0 saturated heterocycles. The van der Waals surface area contributed by atoms with E-state index in [0.717, 1.165) is 31.5 Å². The van der Waals surface area contributed by atoms with Crippen molar-refractivity contribution in [2.45, 2.75) is 40.5 Å². The summed E-state index contributed by atoms with van der Waals surface area (Å²) in [5, 5.41) is 0. The molecule has 4 heteroatoms. The van der Waals surface area contributed by atoms with Gasteiger partial charge in [-0.2, -0.15) is 0 Å². The Balaban J connectivity index is 0.00000400. The summed E-state index contributed by atoms with van der Waals surface area (Å²) in [5.74, 6) is 1.33. The first-order valence-electron chi connectivity index (χ1n) is 7.55. The van der Waals surface area contributed by atoms with Crippen LogP contribution in [-0.4, -0.2) is 23.9 Å². The van der Waals surface area contributed by atoms with Crippen LogP contribution in [-0.2, 0) is 0 Å². The van der Waals surface area contributed by atoms with Gasteiger partial charge in [0.1, 0.15) is 0 Å². The van der Waals surface area contributed by atoms with E-state index in [4.69, 9.17) is 5.73 Å². The summed E-state index contributed by atoms with van der Waals surface area (Å²) in [6.07, 6.45) is 2.08. The molecule has 0 fully saturated rings. The maximum atomic E-state index is 12.6. The highest BCUT2D eigenvalue weighted by atomic mass is 35.5. The molecule has 2 N–H and O–H groups in total. The van der Waals surface area contributed by atoms with Crippen LogP contribution < -0.4 is 5.73 Å². The van der Waals surface area contributed by atoms with Crippen molar-refractivity contribution < 1.29 is 4.79 Å². The van der Waals surface area contributed by atoms with Crippen LogP contribution in [0.2, 0.25) is 0 Å². The van der Waals surface area contributed by atoms with E-state index in [1.807, 2.05) is 17.0 Å². The predicted octanol–water partition coefficient (Wildman–Crippen LogP) is 4.23. The minimum atomic E-state index is 0. The lowest BCUT2D eigenvalue weighted by Crippen LogP contribution is -2.34. The summed E-state index contributed by atoms with van der Waals surface area (Å²) < 4.78 is 0. The van der Waals surface area contributed by atoms with Crippen molar-refractivity contribution in [2.24, 2.45) is 11.8 Å². The van der Waals surface area contributed by atoms with E-state index < -0.39 is 0 Å². The Morgan fingerprint density at radius 1 is 1.00 bits per heavy atom. The fourth-order valence-electron chi connectivity index (χ4n) is 1.95. The molecule has 0 aliphatic heterocycles. The van der Waals surface area contributed by atoms with Crippen LogP contribution >= 0.6 is 12.4 Å². The molecular weight excluding hydrogens is 284 g/mol. The van der Waals surface area contributed by atoms with Crippen molar-refractivity contribution in [1.82, 2.24) is 4.90 Å². The van der Waals surface area contributed by atoms with Crippen LogP contribution in [0.4, 0.5) is 5.69 Å². The molecule has 0 aliphatic rings. The Labute approximate surface area is 135 Å². The maximum Gasteiger partial charge on any atom is 0.253 e. The second-order valence-electron chi connectivity index (χ2n) is 6.28. The van der Waals surface area contributed by atoms with Gasteiger partial charge >= 0.3 is 0 Å². The van der Waals surface area contributed by atoms with Crippen molar-refractivity contribution in [3.8, 4) is 0 Å². The van der Waals surface area contributed by atoms with E-state index in [9.17, 15) is 4.79 Å². The molecular formula is C17H29ClN2O. The number of anilines is 1. The van der Waals surface area contributed by atoms with Gasteiger partial charge in [-0.15, -0.1) is 12.4 Å². The third-order valence-corrected chi connectivity index (χ3v) is 3.40. The van der Waals surface area contributed by atoms with Gasteiger partial charge in [0.15, 0.2) is 0 Å². The summed E-state index contributed by atoms with van der Waals surface area (Å²) in [5.41, 5.74) is 7.10. The zero-order valence-corrected chi connectivity index (χ0v) is 14.5. The number of nitrogen functional groups attached to an aromatic ring is 1. The number of hydrogen-bond acceptors (Lipinski definition) is 2. The molecule has 0 aromatic heterocycles. The summed E-state index contributed by atoms with van der Waals surface area (Å²) in [6, 6.07) is 7.21. The molecule has 0 radical (unpaired) electrons. The standard InChI is InChI=1S/C17H28N2O.ClH/c1-13(2)9-11-19(12-10-14(3)4)17(20)15-5-7-16(18)8-6-15;/h5-8,13-14H,9-12,18H2,1-4H3;1H. The van der Waals surface area contributed by atoms with Crippen molar-refractivity contribution in [3.63, 3.8) is 0 Å². The fraction of sp³-hybridized carbons (Fsp3) is 0.588. The lowest BCUT2D eigenvalue weighted by atomic mass is 10.1. The molecule has 0 atom stereocenters. The second-order valence-corrected chi connectivity index (χ2v) is 6.28. The van der Waals surface area contributed by atoms with Crippen LogP contribution in [0.5, 0.6) is 0 Å². The monoisotopic (exact) mass is 312 g/mol. The smallest absolute Gasteiger partial charge is 0.253 e. The molecule has 0 saturated carbocycles. The van der Waals surface area contributed by atoms with Crippen LogP contribution in [0.1, 0.15) is 50.9 Å². The first kappa shape index (κ1) is 19.8. The number of rotatable bonds is 7. The number of nitrogens with two attached hydrogens (primary N) is 1. The highest BCUT2D eigenvalue weighted by Crippen LogP contribution is 2.12. The van der Waals surface area contributed by atoms with Gasteiger partial charge in [-0.3, -0.25) is 4.79 Å². The summed E-state index contributed by atoms with van der Waals surface area (Å²) in [7, 11) is 0. The van der Waals surface area contributed by atoms with Gasteiger partial charge in [-0.1, -0.05) is 27.7 Å². The third kappa shape index (κ3) is 7.37. The zero-order chi connectivity index (χ0) is 15.1. The molecule has 0 heterocycles. The quantitative estimate of drug-likeness (QED) is 0.766. The first-order valence-corrected chi connectivity index (χ1v) is 7.55. The minimum Gasteiger partial charge on any atom is -0.399 e. The summed E-state index contributed by atoms with van der Waals surface area (Å²) in [4.78, 5) is 14.5. The maximum absolute atomic E-state index is 12.6. The SMILES string of the molecule is CC(C)CCN(CCC(C)C)C(=O)c1ccc(N)cc1.Cl. The number of benzene rings is 1. The topological polar surface area (TPSA) is 46.3 Å². The van der Waals surface area contributed by atoms with Gasteiger partial charge in [0.05, 0.1) is 0 Å². The van der Waals surface area contributed by atoms with Gasteiger partial charge in [-0.05, 0) is 48.9 Å². The van der Waals surface area contributed by atoms with E-state index in [-0.39, 0.29) is 18.3 Å². The van der Waals surface area contributed by atoms with Crippen LogP contribution in [0.3, 0.4) is 0 Å². The third-order valence-electron chi connectivity index (χ3n) is 3.40. The number of nitrogens with zero attached hydrogens (tertiary/aromatic N) is 1. The zero-order valence-electron chi connectivity index (χ0n) is 13.6. The Morgan fingerprint density at radius 2 is 1.43 bits per heavy atom. The van der Waals surface area contributed by atoms with Crippen LogP contribution in [0, 0.1) is 11.8 Å². The predicted molar refractivity (Wildman–Crippen MR) is 92.9 cm³/mol. The van der Waals surface area contributed by atoms with E-state index in [1.54, 1.807) is 12.1 Å². The largest absolute Gasteiger partial charge is 0.399 e. The van der Waals surface area contributed by atoms with E-state index in [0.29, 0.717) is 17.5 Å². The van der Waals surface area contributed by atoms with E-state index in [2.05, 4.69) is 27.7 Å². The molecule has 0 spiro atoms. The Hall–Kier alpha value is -1.22.